The second kappa shape index (κ2) is 2.64. The van der Waals surface area contributed by atoms with Gasteiger partial charge in [0.1, 0.15) is 0 Å². The van der Waals surface area contributed by atoms with Crippen molar-refractivity contribution in [1.29, 1.82) is 0 Å². The van der Waals surface area contributed by atoms with E-state index in [2.05, 4.69) is 11.5 Å². The Labute approximate surface area is 70.6 Å². The van der Waals surface area contributed by atoms with E-state index < -0.39 is 0 Å². The van der Waals surface area contributed by atoms with E-state index in [1.807, 2.05) is 6.08 Å². The summed E-state index contributed by atoms with van der Waals surface area (Å²) >= 11 is 1.53. The number of hydrogen-bond donors (Lipinski definition) is 0. The van der Waals surface area contributed by atoms with Gasteiger partial charge in [-0.3, -0.25) is 9.69 Å². The first-order valence-electron chi connectivity index (χ1n) is 3.86. The maximum atomic E-state index is 11.2. The largest absolute Gasteiger partial charge is 0.288 e. The maximum absolute atomic E-state index is 11.2. The number of likely N-dealkylation sites (tertiary alicyclic amines) is 1. The van der Waals surface area contributed by atoms with Crippen LogP contribution in [0.1, 0.15) is 6.42 Å². The van der Waals surface area contributed by atoms with Crippen LogP contribution in [0, 0.1) is 0 Å². The predicted octanol–water partition coefficient (Wildman–Crippen LogP) is 0.889. The standard InChI is InChI=1S/C8H11NOS/c1-2-3-9-5-6-4-7(9)8(10)11-6/h2,6-7H,1,3-5H2. The second-order valence-electron chi connectivity index (χ2n) is 3.05. The molecule has 2 aliphatic heterocycles. The molecule has 0 saturated carbocycles. The molecule has 0 spiro atoms. The summed E-state index contributed by atoms with van der Waals surface area (Å²) in [7, 11) is 0. The summed E-state index contributed by atoms with van der Waals surface area (Å²) in [5.41, 5.74) is 0. The highest BCUT2D eigenvalue weighted by Gasteiger charge is 2.44. The van der Waals surface area contributed by atoms with Crippen molar-refractivity contribution in [3.8, 4) is 0 Å². The lowest BCUT2D eigenvalue weighted by Crippen LogP contribution is -2.36. The van der Waals surface area contributed by atoms with E-state index in [-0.39, 0.29) is 6.04 Å². The maximum Gasteiger partial charge on any atom is 0.206 e. The van der Waals surface area contributed by atoms with Gasteiger partial charge in [0, 0.05) is 18.3 Å². The monoisotopic (exact) mass is 169 g/mol. The molecule has 0 aromatic carbocycles. The van der Waals surface area contributed by atoms with Crippen LogP contribution in [0.15, 0.2) is 12.7 Å². The molecule has 11 heavy (non-hydrogen) atoms. The van der Waals surface area contributed by atoms with Crippen molar-refractivity contribution in [2.24, 2.45) is 0 Å². The van der Waals surface area contributed by atoms with Crippen LogP contribution in [-0.4, -0.2) is 34.4 Å². The molecule has 2 rings (SSSR count). The van der Waals surface area contributed by atoms with E-state index in [1.165, 1.54) is 11.8 Å². The number of thioether (sulfide) groups is 1. The van der Waals surface area contributed by atoms with E-state index in [9.17, 15) is 4.79 Å². The first-order valence-corrected chi connectivity index (χ1v) is 4.74. The van der Waals surface area contributed by atoms with E-state index in [0.717, 1.165) is 19.5 Å². The van der Waals surface area contributed by atoms with Gasteiger partial charge in [-0.05, 0) is 6.42 Å². The molecule has 2 aliphatic rings. The second-order valence-corrected chi connectivity index (χ2v) is 4.36. The van der Waals surface area contributed by atoms with Crippen LogP contribution in [0.2, 0.25) is 0 Å². The van der Waals surface area contributed by atoms with Crippen LogP contribution in [0.5, 0.6) is 0 Å². The van der Waals surface area contributed by atoms with Gasteiger partial charge in [0.15, 0.2) is 0 Å². The number of nitrogens with zero attached hydrogens (tertiary/aromatic N) is 1. The molecule has 2 heterocycles. The normalized spacial score (nSPS) is 36.5. The van der Waals surface area contributed by atoms with Crippen LogP contribution in [0.4, 0.5) is 0 Å². The third kappa shape index (κ3) is 1.12. The molecule has 0 aromatic rings. The molecule has 2 unspecified atom stereocenters. The zero-order valence-electron chi connectivity index (χ0n) is 6.32. The van der Waals surface area contributed by atoms with Crippen molar-refractivity contribution < 1.29 is 4.79 Å². The van der Waals surface area contributed by atoms with Crippen molar-refractivity contribution in [3.63, 3.8) is 0 Å². The molecule has 0 amide bonds. The average molecular weight is 169 g/mol. The highest BCUT2D eigenvalue weighted by molar-refractivity contribution is 8.14. The number of hydrogen-bond acceptors (Lipinski definition) is 3. The van der Waals surface area contributed by atoms with Crippen LogP contribution < -0.4 is 0 Å². The molecule has 60 valence electrons. The molecule has 0 aliphatic carbocycles. The minimum Gasteiger partial charge on any atom is -0.288 e. The summed E-state index contributed by atoms with van der Waals surface area (Å²) in [6, 6.07) is 0.211. The highest BCUT2D eigenvalue weighted by atomic mass is 32.2. The molecule has 0 aromatic heterocycles. The van der Waals surface area contributed by atoms with Gasteiger partial charge in [0.05, 0.1) is 6.04 Å². The third-order valence-corrected chi connectivity index (χ3v) is 3.46. The fraction of sp³-hybridized carbons (Fsp3) is 0.625. The van der Waals surface area contributed by atoms with Gasteiger partial charge in [0.25, 0.3) is 0 Å². The van der Waals surface area contributed by atoms with Crippen LogP contribution in [0.25, 0.3) is 0 Å². The summed E-state index contributed by atoms with van der Waals surface area (Å²) in [5, 5.41) is 0.940. The molecule has 2 bridgehead atoms. The minimum atomic E-state index is 0.211. The van der Waals surface area contributed by atoms with Gasteiger partial charge in [-0.1, -0.05) is 17.8 Å². The Morgan fingerprint density at radius 2 is 2.64 bits per heavy atom. The summed E-state index contributed by atoms with van der Waals surface area (Å²) < 4.78 is 0. The Morgan fingerprint density at radius 1 is 1.82 bits per heavy atom. The van der Waals surface area contributed by atoms with Crippen molar-refractivity contribution in [2.75, 3.05) is 13.1 Å². The summed E-state index contributed by atoms with van der Waals surface area (Å²) in [4.78, 5) is 13.4. The molecule has 3 heteroatoms. The Hall–Kier alpha value is -0.280. The predicted molar refractivity (Wildman–Crippen MR) is 46.6 cm³/mol. The Morgan fingerprint density at radius 3 is 3.18 bits per heavy atom. The number of rotatable bonds is 2. The van der Waals surface area contributed by atoms with E-state index in [1.54, 1.807) is 0 Å². The van der Waals surface area contributed by atoms with Crippen LogP contribution in [0.3, 0.4) is 0 Å². The van der Waals surface area contributed by atoms with E-state index in [4.69, 9.17) is 0 Å². The van der Waals surface area contributed by atoms with Gasteiger partial charge in [0.2, 0.25) is 5.12 Å². The molecule has 0 radical (unpaired) electrons. The van der Waals surface area contributed by atoms with E-state index in [0.29, 0.717) is 10.4 Å². The lowest BCUT2D eigenvalue weighted by Gasteiger charge is -2.23. The lowest BCUT2D eigenvalue weighted by molar-refractivity contribution is -0.114. The van der Waals surface area contributed by atoms with Crippen LogP contribution in [-0.2, 0) is 4.79 Å². The fourth-order valence-corrected chi connectivity index (χ4v) is 3.08. The van der Waals surface area contributed by atoms with Gasteiger partial charge < -0.3 is 0 Å². The van der Waals surface area contributed by atoms with Gasteiger partial charge >= 0.3 is 0 Å². The minimum absolute atomic E-state index is 0.211. The van der Waals surface area contributed by atoms with Crippen molar-refractivity contribution in [2.45, 2.75) is 17.7 Å². The molecule has 2 fully saturated rings. The van der Waals surface area contributed by atoms with Gasteiger partial charge in [-0.25, -0.2) is 0 Å². The van der Waals surface area contributed by atoms with Crippen molar-refractivity contribution in [1.82, 2.24) is 4.90 Å². The third-order valence-electron chi connectivity index (χ3n) is 2.28. The summed E-state index contributed by atoms with van der Waals surface area (Å²) in [5.74, 6) is 0. The molecule has 2 atom stereocenters. The average Bonchev–Trinajstić information content (AvgIpc) is 2.46. The van der Waals surface area contributed by atoms with Crippen LogP contribution >= 0.6 is 11.8 Å². The van der Waals surface area contributed by atoms with E-state index >= 15 is 0 Å². The summed E-state index contributed by atoms with van der Waals surface area (Å²) in [6.07, 6.45) is 2.94. The first kappa shape index (κ1) is 7.37. The molecule has 2 nitrogen and oxygen atoms in total. The lowest BCUT2D eigenvalue weighted by atomic mass is 10.2. The van der Waals surface area contributed by atoms with Crippen molar-refractivity contribution in [3.05, 3.63) is 12.7 Å². The smallest absolute Gasteiger partial charge is 0.206 e. The molecule has 0 N–H and O–H groups in total. The first-order chi connectivity index (χ1) is 5.31. The molecule has 2 saturated heterocycles. The Bertz CT molecular complexity index is 204. The Kier molecular flexibility index (Phi) is 1.77. The topological polar surface area (TPSA) is 20.3 Å². The quantitative estimate of drug-likeness (QED) is 0.573. The zero-order valence-corrected chi connectivity index (χ0v) is 7.14. The van der Waals surface area contributed by atoms with Gasteiger partial charge in [-0.2, -0.15) is 0 Å². The molecular weight excluding hydrogens is 158 g/mol. The summed E-state index contributed by atoms with van der Waals surface area (Å²) in [6.45, 7) is 5.62. The SMILES string of the molecule is C=CCN1CC2CC1C(=O)S2. The zero-order chi connectivity index (χ0) is 7.84. The number of fused-ring (bicyclic) bond motifs is 2. The number of carbonyl (C=O) groups is 1. The Balaban J connectivity index is 2.06. The molecular formula is C8H11NOS. The highest BCUT2D eigenvalue weighted by Crippen LogP contribution is 2.38. The van der Waals surface area contributed by atoms with Crippen molar-refractivity contribution >= 4 is 16.9 Å². The fourth-order valence-electron chi connectivity index (χ4n) is 1.80. The number of carbonyl (C=O) groups excluding carboxylic acids is 1. The van der Waals surface area contributed by atoms with Gasteiger partial charge in [-0.15, -0.1) is 6.58 Å².